The molecular formula is C32H27BrCl2N2O5S. The van der Waals surface area contributed by atoms with E-state index in [1.165, 1.54) is 11.3 Å². The Morgan fingerprint density at radius 1 is 1.12 bits per heavy atom. The van der Waals surface area contributed by atoms with E-state index in [0.29, 0.717) is 47.7 Å². The number of aromatic nitrogens is 1. The summed E-state index contributed by atoms with van der Waals surface area (Å²) in [5.74, 6) is 0.398. The predicted molar refractivity (Wildman–Crippen MR) is 173 cm³/mol. The Morgan fingerprint density at radius 3 is 2.53 bits per heavy atom. The fourth-order valence-electron chi connectivity index (χ4n) is 4.79. The van der Waals surface area contributed by atoms with E-state index in [2.05, 4.69) is 20.9 Å². The zero-order chi connectivity index (χ0) is 30.8. The van der Waals surface area contributed by atoms with Crippen LogP contribution in [-0.4, -0.2) is 24.3 Å². The Kier molecular flexibility index (Phi) is 9.46. The molecule has 4 aromatic rings. The smallest absolute Gasteiger partial charge is 0.338 e. The molecule has 7 nitrogen and oxygen atoms in total. The second kappa shape index (κ2) is 13.1. The summed E-state index contributed by atoms with van der Waals surface area (Å²) in [7, 11) is 1.54. The molecule has 11 heteroatoms. The third-order valence-corrected chi connectivity index (χ3v) is 8.88. The Bertz CT molecular complexity index is 1930. The highest BCUT2D eigenvalue weighted by Gasteiger charge is 2.33. The summed E-state index contributed by atoms with van der Waals surface area (Å²) in [5.41, 5.74) is 3.72. The van der Waals surface area contributed by atoms with E-state index in [1.807, 2.05) is 37.3 Å². The number of fused-ring (bicyclic) bond motifs is 1. The first-order chi connectivity index (χ1) is 20.6. The lowest BCUT2D eigenvalue weighted by molar-refractivity contribution is -0.139. The van der Waals surface area contributed by atoms with Crippen molar-refractivity contribution in [1.82, 2.24) is 4.57 Å². The van der Waals surface area contributed by atoms with Crippen LogP contribution in [0.25, 0.3) is 6.08 Å². The summed E-state index contributed by atoms with van der Waals surface area (Å²) in [6.45, 7) is 5.84. The number of aryl methyl sites for hydroxylation is 1. The molecule has 0 saturated carbocycles. The average Bonchev–Trinajstić information content (AvgIpc) is 3.26. The maximum Gasteiger partial charge on any atom is 0.338 e. The zero-order valence-corrected chi connectivity index (χ0v) is 27.7. The molecule has 0 saturated heterocycles. The first-order valence-corrected chi connectivity index (χ1v) is 15.7. The number of hydrogen-bond acceptors (Lipinski definition) is 7. The largest absolute Gasteiger partial charge is 0.493 e. The van der Waals surface area contributed by atoms with Crippen molar-refractivity contribution >= 4 is 62.5 Å². The number of nitrogens with zero attached hydrogens (tertiary/aromatic N) is 2. The topological polar surface area (TPSA) is 79.1 Å². The van der Waals surface area contributed by atoms with Gasteiger partial charge in [0.15, 0.2) is 16.3 Å². The normalized spacial score (nSPS) is 14.8. The van der Waals surface area contributed by atoms with Crippen LogP contribution < -0.4 is 24.4 Å². The fraction of sp³-hybridized carbons (Fsp3) is 0.219. The second-order valence-corrected chi connectivity index (χ2v) is 12.5. The van der Waals surface area contributed by atoms with E-state index in [1.54, 1.807) is 55.9 Å². The van der Waals surface area contributed by atoms with Gasteiger partial charge in [0, 0.05) is 25.6 Å². The Balaban J connectivity index is 1.66. The molecule has 0 aliphatic carbocycles. The van der Waals surface area contributed by atoms with E-state index in [-0.39, 0.29) is 18.8 Å². The highest BCUT2D eigenvalue weighted by Crippen LogP contribution is 2.37. The molecule has 1 aliphatic rings. The number of thiazole rings is 1. The molecule has 0 amide bonds. The van der Waals surface area contributed by atoms with Crippen molar-refractivity contribution in [1.29, 1.82) is 0 Å². The number of allylic oxidation sites excluding steroid dienone is 1. The number of benzene rings is 3. The van der Waals surface area contributed by atoms with Gasteiger partial charge in [-0.15, -0.1) is 0 Å². The van der Waals surface area contributed by atoms with Gasteiger partial charge in [-0.3, -0.25) is 9.36 Å². The van der Waals surface area contributed by atoms with Gasteiger partial charge < -0.3 is 14.2 Å². The number of ether oxygens (including phenoxy) is 3. The van der Waals surface area contributed by atoms with Crippen molar-refractivity contribution in [3.63, 3.8) is 0 Å². The molecule has 1 atom stereocenters. The quantitative estimate of drug-likeness (QED) is 0.190. The predicted octanol–water partition coefficient (Wildman–Crippen LogP) is 6.76. The van der Waals surface area contributed by atoms with Gasteiger partial charge >= 0.3 is 5.97 Å². The molecule has 1 aromatic heterocycles. The number of methoxy groups -OCH3 is 1. The van der Waals surface area contributed by atoms with Crippen LogP contribution in [0.1, 0.15) is 42.1 Å². The third-order valence-electron chi connectivity index (χ3n) is 6.85. The van der Waals surface area contributed by atoms with Crippen LogP contribution in [-0.2, 0) is 16.1 Å². The second-order valence-electron chi connectivity index (χ2n) is 9.76. The maximum absolute atomic E-state index is 14.1. The van der Waals surface area contributed by atoms with Gasteiger partial charge in [0.25, 0.3) is 5.56 Å². The molecule has 0 fully saturated rings. The summed E-state index contributed by atoms with van der Waals surface area (Å²) >= 11 is 17.2. The SMILES string of the molecule is CCOC(=O)C1=C(C)N=c2s/c(=C\c3cc(Br)cc(OC)c3OCc3ccc(Cl)cc3Cl)c(=O)n2[C@H]1c1ccc(C)cc1. The Labute approximate surface area is 270 Å². The van der Waals surface area contributed by atoms with Crippen molar-refractivity contribution in [2.75, 3.05) is 13.7 Å². The Morgan fingerprint density at radius 2 is 1.86 bits per heavy atom. The highest BCUT2D eigenvalue weighted by molar-refractivity contribution is 9.10. The molecule has 0 spiro atoms. The summed E-state index contributed by atoms with van der Waals surface area (Å²) in [6, 6.07) is 15.9. The molecular weight excluding hydrogens is 675 g/mol. The lowest BCUT2D eigenvalue weighted by atomic mass is 9.95. The van der Waals surface area contributed by atoms with E-state index in [0.717, 1.165) is 21.2 Å². The van der Waals surface area contributed by atoms with Gasteiger partial charge in [0.05, 0.1) is 35.6 Å². The van der Waals surface area contributed by atoms with E-state index < -0.39 is 12.0 Å². The molecule has 0 bridgehead atoms. The van der Waals surface area contributed by atoms with Crippen LogP contribution >= 0.6 is 50.5 Å². The van der Waals surface area contributed by atoms with Crippen LogP contribution in [0.5, 0.6) is 11.5 Å². The molecule has 0 unspecified atom stereocenters. The summed E-state index contributed by atoms with van der Waals surface area (Å²) < 4.78 is 19.9. The summed E-state index contributed by atoms with van der Waals surface area (Å²) in [4.78, 5) is 32.4. The highest BCUT2D eigenvalue weighted by atomic mass is 79.9. The number of halogens is 3. The minimum atomic E-state index is -0.696. The third kappa shape index (κ3) is 6.45. The lowest BCUT2D eigenvalue weighted by Crippen LogP contribution is -2.39. The zero-order valence-electron chi connectivity index (χ0n) is 23.7. The summed E-state index contributed by atoms with van der Waals surface area (Å²) in [6.07, 6.45) is 1.74. The molecule has 2 heterocycles. The van der Waals surface area contributed by atoms with Crippen LogP contribution in [0.3, 0.4) is 0 Å². The molecule has 1 aliphatic heterocycles. The van der Waals surface area contributed by atoms with Gasteiger partial charge in [-0.25, -0.2) is 9.79 Å². The number of hydrogen-bond donors (Lipinski definition) is 0. The molecule has 222 valence electrons. The van der Waals surface area contributed by atoms with Crippen LogP contribution in [0.4, 0.5) is 0 Å². The van der Waals surface area contributed by atoms with Crippen molar-refractivity contribution in [2.24, 2.45) is 4.99 Å². The van der Waals surface area contributed by atoms with Crippen molar-refractivity contribution < 1.29 is 19.0 Å². The standard InChI is InChI=1S/C32H27BrCl2N2O5S/c1-5-41-31(39)27-18(3)36-32-37(28(27)19-8-6-17(2)7-9-19)30(38)26(43-32)13-21-12-22(33)14-25(40-4)29(21)42-16-20-10-11-23(34)15-24(20)35/h6-15,28H,5,16H2,1-4H3/b26-13-/t28-/m0/s1. The maximum atomic E-state index is 14.1. The minimum Gasteiger partial charge on any atom is -0.493 e. The van der Waals surface area contributed by atoms with Gasteiger partial charge in [-0.1, -0.05) is 86.4 Å². The number of rotatable bonds is 8. The molecule has 5 rings (SSSR count). The number of carbonyl (C=O) groups is 1. The first kappa shape index (κ1) is 31.1. The van der Waals surface area contributed by atoms with Gasteiger partial charge in [0.2, 0.25) is 0 Å². The molecule has 43 heavy (non-hydrogen) atoms. The minimum absolute atomic E-state index is 0.144. The monoisotopic (exact) mass is 700 g/mol. The van der Waals surface area contributed by atoms with Crippen LogP contribution in [0, 0.1) is 6.92 Å². The molecule has 0 radical (unpaired) electrons. The average molecular weight is 702 g/mol. The lowest BCUT2D eigenvalue weighted by Gasteiger charge is -2.24. The van der Waals surface area contributed by atoms with E-state index in [4.69, 9.17) is 37.4 Å². The van der Waals surface area contributed by atoms with Crippen molar-refractivity contribution in [3.8, 4) is 11.5 Å². The van der Waals surface area contributed by atoms with Crippen molar-refractivity contribution in [2.45, 2.75) is 33.4 Å². The fourth-order valence-corrected chi connectivity index (χ4v) is 6.74. The first-order valence-electron chi connectivity index (χ1n) is 13.3. The Hall–Kier alpha value is -3.37. The van der Waals surface area contributed by atoms with E-state index >= 15 is 0 Å². The van der Waals surface area contributed by atoms with Crippen LogP contribution in [0.2, 0.25) is 10.0 Å². The molecule has 3 aromatic carbocycles. The van der Waals surface area contributed by atoms with Gasteiger partial charge in [-0.05, 0) is 56.7 Å². The van der Waals surface area contributed by atoms with Crippen LogP contribution in [0.15, 0.2) is 80.1 Å². The van der Waals surface area contributed by atoms with Gasteiger partial charge in [-0.2, -0.15) is 0 Å². The number of esters is 1. The summed E-state index contributed by atoms with van der Waals surface area (Å²) in [5, 5.41) is 0.999. The van der Waals surface area contributed by atoms with Crippen molar-refractivity contribution in [3.05, 3.63) is 122 Å². The van der Waals surface area contributed by atoms with E-state index in [9.17, 15) is 9.59 Å². The number of carbonyl (C=O) groups excluding carboxylic acids is 1. The van der Waals surface area contributed by atoms with Gasteiger partial charge in [0.1, 0.15) is 6.61 Å². The molecule has 0 N–H and O–H groups in total.